The molecule has 0 aromatic carbocycles. The first-order valence-corrected chi connectivity index (χ1v) is 9.21. The van der Waals surface area contributed by atoms with Gasteiger partial charge in [-0.05, 0) is 26.3 Å². The zero-order valence-corrected chi connectivity index (χ0v) is 16.0. The Morgan fingerprint density at radius 3 is 2.79 bits per heavy atom. The molecule has 2 atom stereocenters. The average Bonchev–Trinajstić information content (AvgIpc) is 3.11. The van der Waals surface area contributed by atoms with Gasteiger partial charge in [-0.15, -0.1) is 0 Å². The number of amides is 2. The van der Waals surface area contributed by atoms with Crippen LogP contribution in [-0.2, 0) is 25.7 Å². The molecule has 152 valence electrons. The first-order chi connectivity index (χ1) is 13.3. The van der Waals surface area contributed by atoms with Gasteiger partial charge in [0.2, 0.25) is 11.8 Å². The third-order valence-electron chi connectivity index (χ3n) is 5.57. The summed E-state index contributed by atoms with van der Waals surface area (Å²) < 4.78 is 7.39. The third kappa shape index (κ3) is 3.28. The van der Waals surface area contributed by atoms with Gasteiger partial charge in [0.25, 0.3) is 6.47 Å². The van der Waals surface area contributed by atoms with Crippen molar-refractivity contribution in [2.45, 2.75) is 51.4 Å². The Bertz CT molecular complexity index is 853. The van der Waals surface area contributed by atoms with Crippen LogP contribution >= 0.6 is 0 Å². The van der Waals surface area contributed by atoms with Crippen LogP contribution < -0.4 is 5.69 Å². The van der Waals surface area contributed by atoms with E-state index in [1.807, 2.05) is 0 Å². The van der Waals surface area contributed by atoms with Crippen LogP contribution in [0.4, 0.5) is 0 Å². The molecule has 3 aliphatic rings. The minimum Gasteiger partial charge on any atom is -0.483 e. The maximum Gasteiger partial charge on any atom is 0.348 e. The van der Waals surface area contributed by atoms with Gasteiger partial charge in [0.1, 0.15) is 6.54 Å². The van der Waals surface area contributed by atoms with E-state index in [0.29, 0.717) is 43.9 Å². The van der Waals surface area contributed by atoms with Crippen LogP contribution in [0.5, 0.6) is 0 Å². The highest BCUT2D eigenvalue weighted by Gasteiger charge is 2.61. The monoisotopic (exact) mass is 392 g/mol. The molecule has 4 rings (SSSR count). The maximum absolute atomic E-state index is 12.9. The van der Waals surface area contributed by atoms with Crippen molar-refractivity contribution in [2.75, 3.05) is 19.7 Å². The van der Waals surface area contributed by atoms with Crippen molar-refractivity contribution in [1.29, 1.82) is 0 Å². The molecule has 2 amide bonds. The summed E-state index contributed by atoms with van der Waals surface area (Å²) in [6.45, 7) is 5.09. The lowest BCUT2D eigenvalue weighted by Crippen LogP contribution is -2.56. The second-order valence-electron chi connectivity index (χ2n) is 7.16. The van der Waals surface area contributed by atoms with E-state index in [0.717, 1.165) is 6.42 Å². The lowest BCUT2D eigenvalue weighted by Gasteiger charge is -2.42. The first-order valence-electron chi connectivity index (χ1n) is 9.21. The molecule has 28 heavy (non-hydrogen) atoms. The fourth-order valence-corrected chi connectivity index (χ4v) is 4.44. The molecule has 0 aliphatic carbocycles. The minimum absolute atomic E-state index is 0.0487. The zero-order chi connectivity index (χ0) is 20.5. The SMILES string of the molecule is Cc1cc(C)n(CC(=O)N2CC[C@@]34OCCCN3C(=O)C[C@@H]24)c(=O)n1.O=CO. The Morgan fingerprint density at radius 2 is 2.11 bits per heavy atom. The molecule has 1 N–H and O–H groups in total. The Balaban J connectivity index is 0.000000706. The molecule has 10 heteroatoms. The van der Waals surface area contributed by atoms with Crippen LogP contribution in [0.15, 0.2) is 10.9 Å². The molecule has 1 aromatic rings. The highest BCUT2D eigenvalue weighted by Crippen LogP contribution is 2.44. The highest BCUT2D eigenvalue weighted by atomic mass is 16.5. The lowest BCUT2D eigenvalue weighted by molar-refractivity contribution is -0.181. The Hall–Kier alpha value is -2.75. The number of hydrogen-bond acceptors (Lipinski definition) is 6. The smallest absolute Gasteiger partial charge is 0.348 e. The number of rotatable bonds is 2. The van der Waals surface area contributed by atoms with Gasteiger partial charge in [-0.25, -0.2) is 4.79 Å². The number of nitrogens with zero attached hydrogens (tertiary/aromatic N) is 4. The molecule has 4 heterocycles. The predicted octanol–water partition coefficient (Wildman–Crippen LogP) is -0.489. The van der Waals surface area contributed by atoms with Crippen LogP contribution in [0.1, 0.15) is 30.7 Å². The Morgan fingerprint density at radius 1 is 1.39 bits per heavy atom. The molecule has 3 fully saturated rings. The molecule has 0 radical (unpaired) electrons. The number of carboxylic acid groups (broad SMARTS) is 1. The quantitative estimate of drug-likeness (QED) is 0.674. The molecule has 10 nitrogen and oxygen atoms in total. The van der Waals surface area contributed by atoms with Crippen molar-refractivity contribution in [3.05, 3.63) is 27.9 Å². The summed E-state index contributed by atoms with van der Waals surface area (Å²) in [6, 6.07) is 1.52. The number of likely N-dealkylation sites (tertiary alicyclic amines) is 1. The van der Waals surface area contributed by atoms with E-state index >= 15 is 0 Å². The van der Waals surface area contributed by atoms with Crippen LogP contribution in [-0.4, -0.2) is 74.2 Å². The standard InChI is InChI=1S/C17H22N4O4.CH2O2/c1-11-8-12(2)20(16(24)18-11)10-15(23)19-6-4-17-13(19)9-14(22)21(17)5-3-7-25-17;2-1-3/h8,13H,3-7,9-10H2,1-2H3;1H,(H,2,3)/t13-,17+;/m1./s1. The molecule has 0 unspecified atom stereocenters. The summed E-state index contributed by atoms with van der Waals surface area (Å²) in [5.41, 5.74) is 0.269. The molecule has 1 aromatic heterocycles. The summed E-state index contributed by atoms with van der Waals surface area (Å²) in [5.74, 6) is -0.117. The molecule has 0 saturated carbocycles. The number of aromatic nitrogens is 2. The average molecular weight is 392 g/mol. The predicted molar refractivity (Wildman–Crippen MR) is 96.4 cm³/mol. The summed E-state index contributed by atoms with van der Waals surface area (Å²) in [6.07, 6.45) is 1.76. The molecular formula is C18H24N4O6. The van der Waals surface area contributed by atoms with Crippen molar-refractivity contribution < 1.29 is 24.2 Å². The van der Waals surface area contributed by atoms with Gasteiger partial charge in [-0.2, -0.15) is 4.98 Å². The molecule has 0 bridgehead atoms. The fraction of sp³-hybridized carbons (Fsp3) is 0.611. The van der Waals surface area contributed by atoms with Gasteiger partial charge in [0, 0.05) is 30.9 Å². The largest absolute Gasteiger partial charge is 0.483 e. The van der Waals surface area contributed by atoms with E-state index < -0.39 is 11.4 Å². The normalized spacial score (nSPS) is 25.6. The third-order valence-corrected chi connectivity index (χ3v) is 5.57. The van der Waals surface area contributed by atoms with Crippen LogP contribution in [0, 0.1) is 13.8 Å². The number of carbonyl (C=O) groups excluding carboxylic acids is 2. The highest BCUT2D eigenvalue weighted by molar-refractivity contribution is 5.84. The topological polar surface area (TPSA) is 122 Å². The van der Waals surface area contributed by atoms with Crippen molar-refractivity contribution in [1.82, 2.24) is 19.4 Å². The van der Waals surface area contributed by atoms with E-state index in [2.05, 4.69) is 4.98 Å². The summed E-state index contributed by atoms with van der Waals surface area (Å²) in [5, 5.41) is 6.89. The Kier molecular flexibility index (Phi) is 5.50. The van der Waals surface area contributed by atoms with Crippen molar-refractivity contribution in [2.24, 2.45) is 0 Å². The summed E-state index contributed by atoms with van der Waals surface area (Å²) in [4.78, 5) is 53.1. The van der Waals surface area contributed by atoms with Gasteiger partial charge in [-0.3, -0.25) is 19.0 Å². The van der Waals surface area contributed by atoms with Crippen molar-refractivity contribution in [3.8, 4) is 0 Å². The second-order valence-corrected chi connectivity index (χ2v) is 7.16. The van der Waals surface area contributed by atoms with Gasteiger partial charge in [0.15, 0.2) is 5.72 Å². The van der Waals surface area contributed by atoms with E-state index in [1.54, 1.807) is 29.7 Å². The molecule has 3 saturated heterocycles. The lowest BCUT2D eigenvalue weighted by atomic mass is 10.0. The minimum atomic E-state index is -0.656. The van der Waals surface area contributed by atoms with E-state index in [1.165, 1.54) is 4.57 Å². The van der Waals surface area contributed by atoms with Gasteiger partial charge in [-0.1, -0.05) is 0 Å². The number of ether oxygens (including phenoxy) is 1. The van der Waals surface area contributed by atoms with Crippen LogP contribution in [0.2, 0.25) is 0 Å². The molecular weight excluding hydrogens is 368 g/mol. The zero-order valence-electron chi connectivity index (χ0n) is 16.0. The van der Waals surface area contributed by atoms with E-state index in [9.17, 15) is 14.4 Å². The second kappa shape index (κ2) is 7.70. The van der Waals surface area contributed by atoms with E-state index in [4.69, 9.17) is 14.6 Å². The van der Waals surface area contributed by atoms with Gasteiger partial charge in [0.05, 0.1) is 19.1 Å². The number of carbonyl (C=O) groups is 3. The molecule has 1 spiro atoms. The number of aryl methyl sites for hydroxylation is 2. The van der Waals surface area contributed by atoms with Crippen molar-refractivity contribution >= 4 is 18.3 Å². The van der Waals surface area contributed by atoms with Crippen LogP contribution in [0.25, 0.3) is 0 Å². The van der Waals surface area contributed by atoms with E-state index in [-0.39, 0.29) is 30.9 Å². The fourth-order valence-electron chi connectivity index (χ4n) is 4.44. The molecule has 3 aliphatic heterocycles. The summed E-state index contributed by atoms with van der Waals surface area (Å²) in [7, 11) is 0. The first kappa shape index (κ1) is 20.0. The summed E-state index contributed by atoms with van der Waals surface area (Å²) >= 11 is 0. The number of hydrogen-bond donors (Lipinski definition) is 1. The van der Waals surface area contributed by atoms with Gasteiger partial charge >= 0.3 is 5.69 Å². The van der Waals surface area contributed by atoms with Gasteiger partial charge < -0.3 is 19.6 Å². The van der Waals surface area contributed by atoms with Crippen molar-refractivity contribution in [3.63, 3.8) is 0 Å². The van der Waals surface area contributed by atoms with Crippen LogP contribution in [0.3, 0.4) is 0 Å². The Labute approximate surface area is 161 Å². The maximum atomic E-state index is 12.9.